The molecular formula is C11H15NO4. The van der Waals surface area contributed by atoms with Crippen LogP contribution < -0.4 is 0 Å². The first-order chi connectivity index (χ1) is 7.54. The van der Waals surface area contributed by atoms with Gasteiger partial charge in [0.1, 0.15) is 11.5 Å². The summed E-state index contributed by atoms with van der Waals surface area (Å²) in [5, 5.41) is 0. The lowest BCUT2D eigenvalue weighted by atomic mass is 10.3. The second-order valence-electron chi connectivity index (χ2n) is 3.48. The molecule has 16 heavy (non-hydrogen) atoms. The summed E-state index contributed by atoms with van der Waals surface area (Å²) >= 11 is 0. The summed E-state index contributed by atoms with van der Waals surface area (Å²) in [6, 6.07) is 3.71. The fourth-order valence-corrected chi connectivity index (χ4v) is 1.24. The van der Waals surface area contributed by atoms with E-state index in [9.17, 15) is 9.59 Å². The Balaban J connectivity index is 2.43. The van der Waals surface area contributed by atoms with Crippen LogP contribution in [-0.4, -0.2) is 37.5 Å². The van der Waals surface area contributed by atoms with E-state index in [0.717, 1.165) is 11.5 Å². The lowest BCUT2D eigenvalue weighted by Gasteiger charge is -2.14. The molecule has 0 N–H and O–H groups in total. The highest BCUT2D eigenvalue weighted by Crippen LogP contribution is 2.07. The van der Waals surface area contributed by atoms with E-state index in [1.54, 1.807) is 7.05 Å². The third-order valence-corrected chi connectivity index (χ3v) is 2.20. The van der Waals surface area contributed by atoms with Gasteiger partial charge in [0.15, 0.2) is 0 Å². The van der Waals surface area contributed by atoms with Crippen LogP contribution in [0.2, 0.25) is 0 Å². The number of methoxy groups -OCH3 is 1. The van der Waals surface area contributed by atoms with Crippen LogP contribution in [0.25, 0.3) is 0 Å². The van der Waals surface area contributed by atoms with Gasteiger partial charge in [-0.2, -0.15) is 0 Å². The van der Waals surface area contributed by atoms with Crippen molar-refractivity contribution in [2.24, 2.45) is 0 Å². The fraction of sp³-hybridized carbons (Fsp3) is 0.455. The Kier molecular flexibility index (Phi) is 4.10. The first-order valence-electron chi connectivity index (χ1n) is 4.93. The van der Waals surface area contributed by atoms with Crippen molar-refractivity contribution in [2.75, 3.05) is 20.7 Å². The van der Waals surface area contributed by atoms with Gasteiger partial charge in [-0.3, -0.25) is 4.79 Å². The third kappa shape index (κ3) is 3.12. The number of carbonyl (C=O) groups excluding carboxylic acids is 2. The summed E-state index contributed by atoms with van der Waals surface area (Å²) in [5.41, 5.74) is 0. The molecule has 5 nitrogen and oxygen atoms in total. The average Bonchev–Trinajstić information content (AvgIpc) is 2.69. The number of amides is 1. The van der Waals surface area contributed by atoms with E-state index in [-0.39, 0.29) is 0 Å². The molecule has 0 saturated heterocycles. The molecule has 0 aromatic carbocycles. The van der Waals surface area contributed by atoms with Gasteiger partial charge >= 0.3 is 11.9 Å². The Morgan fingerprint density at radius 3 is 2.62 bits per heavy atom. The Hall–Kier alpha value is -1.78. The zero-order valence-corrected chi connectivity index (χ0v) is 9.65. The highest BCUT2D eigenvalue weighted by atomic mass is 16.5. The van der Waals surface area contributed by atoms with Crippen molar-refractivity contribution < 1.29 is 18.7 Å². The molecule has 0 spiro atoms. The Labute approximate surface area is 94.0 Å². The molecule has 0 unspecified atom stereocenters. The van der Waals surface area contributed by atoms with E-state index < -0.39 is 11.9 Å². The number of hydrogen-bond donors (Lipinski definition) is 0. The predicted octanol–water partition coefficient (Wildman–Crippen LogP) is 0.762. The highest BCUT2D eigenvalue weighted by Gasteiger charge is 2.18. The molecule has 1 heterocycles. The van der Waals surface area contributed by atoms with E-state index in [2.05, 4.69) is 4.74 Å². The fourth-order valence-electron chi connectivity index (χ4n) is 1.24. The second-order valence-corrected chi connectivity index (χ2v) is 3.48. The van der Waals surface area contributed by atoms with Gasteiger partial charge < -0.3 is 14.1 Å². The van der Waals surface area contributed by atoms with Gasteiger partial charge in [-0.1, -0.05) is 0 Å². The molecule has 1 rings (SSSR count). The van der Waals surface area contributed by atoms with Gasteiger partial charge in [-0.05, 0) is 19.1 Å². The maximum atomic E-state index is 11.3. The van der Waals surface area contributed by atoms with E-state index in [1.165, 1.54) is 12.0 Å². The Morgan fingerprint density at radius 1 is 1.44 bits per heavy atom. The molecule has 1 amide bonds. The second kappa shape index (κ2) is 5.34. The van der Waals surface area contributed by atoms with Gasteiger partial charge in [0.2, 0.25) is 0 Å². The Morgan fingerprint density at radius 2 is 2.12 bits per heavy atom. The highest BCUT2D eigenvalue weighted by molar-refractivity contribution is 6.32. The van der Waals surface area contributed by atoms with Crippen molar-refractivity contribution in [2.45, 2.75) is 13.3 Å². The SMILES string of the molecule is COC(=O)C(=O)N(C)CCc1ccc(C)o1. The largest absolute Gasteiger partial charge is 0.466 e. The van der Waals surface area contributed by atoms with E-state index in [1.807, 2.05) is 19.1 Å². The molecule has 88 valence electrons. The van der Waals surface area contributed by atoms with Crippen molar-refractivity contribution in [3.8, 4) is 0 Å². The monoisotopic (exact) mass is 225 g/mol. The maximum absolute atomic E-state index is 11.3. The van der Waals surface area contributed by atoms with Gasteiger partial charge in [0.25, 0.3) is 0 Å². The number of ether oxygens (including phenoxy) is 1. The molecule has 0 aliphatic rings. The normalized spacial score (nSPS) is 9.94. The first-order valence-corrected chi connectivity index (χ1v) is 4.93. The lowest BCUT2D eigenvalue weighted by Crippen LogP contribution is -2.35. The number of esters is 1. The van der Waals surface area contributed by atoms with E-state index in [4.69, 9.17) is 4.42 Å². The molecule has 0 aliphatic heterocycles. The van der Waals surface area contributed by atoms with Gasteiger partial charge in [-0.25, -0.2) is 4.79 Å². The maximum Gasteiger partial charge on any atom is 0.396 e. The standard InChI is InChI=1S/C11H15NO4/c1-8-4-5-9(16-8)6-7-12(2)10(13)11(14)15-3/h4-5H,6-7H2,1-3H3. The molecule has 0 aliphatic carbocycles. The van der Waals surface area contributed by atoms with Crippen molar-refractivity contribution >= 4 is 11.9 Å². The average molecular weight is 225 g/mol. The van der Waals surface area contributed by atoms with Crippen LogP contribution >= 0.6 is 0 Å². The molecule has 0 fully saturated rings. The zero-order chi connectivity index (χ0) is 12.1. The summed E-state index contributed by atoms with van der Waals surface area (Å²) < 4.78 is 9.68. The summed E-state index contributed by atoms with van der Waals surface area (Å²) in [4.78, 5) is 23.6. The number of likely N-dealkylation sites (N-methyl/N-ethyl adjacent to an activating group) is 1. The van der Waals surface area contributed by atoms with Crippen LogP contribution in [0.1, 0.15) is 11.5 Å². The van der Waals surface area contributed by atoms with Gasteiger partial charge in [0.05, 0.1) is 7.11 Å². The van der Waals surface area contributed by atoms with Crippen molar-refractivity contribution in [1.82, 2.24) is 4.90 Å². The topological polar surface area (TPSA) is 59.8 Å². The van der Waals surface area contributed by atoms with E-state index in [0.29, 0.717) is 13.0 Å². The Bertz CT molecular complexity index is 383. The van der Waals surface area contributed by atoms with Gasteiger partial charge in [0, 0.05) is 20.0 Å². The predicted molar refractivity (Wildman–Crippen MR) is 56.8 cm³/mol. The van der Waals surface area contributed by atoms with Crippen LogP contribution in [-0.2, 0) is 20.7 Å². The first kappa shape index (κ1) is 12.3. The minimum atomic E-state index is -0.849. The number of furan rings is 1. The molecule has 0 atom stereocenters. The van der Waals surface area contributed by atoms with Crippen LogP contribution in [0.15, 0.2) is 16.5 Å². The summed E-state index contributed by atoms with van der Waals surface area (Å²) in [6.07, 6.45) is 0.576. The summed E-state index contributed by atoms with van der Waals surface area (Å²) in [7, 11) is 2.74. The quantitative estimate of drug-likeness (QED) is 0.563. The number of nitrogens with zero attached hydrogens (tertiary/aromatic N) is 1. The van der Waals surface area contributed by atoms with E-state index >= 15 is 0 Å². The molecule has 0 saturated carbocycles. The minimum absolute atomic E-state index is 0.418. The minimum Gasteiger partial charge on any atom is -0.466 e. The number of carbonyl (C=O) groups is 2. The smallest absolute Gasteiger partial charge is 0.396 e. The number of rotatable bonds is 3. The van der Waals surface area contributed by atoms with Crippen molar-refractivity contribution in [3.63, 3.8) is 0 Å². The molecule has 0 radical (unpaired) electrons. The molecule has 5 heteroatoms. The summed E-state index contributed by atoms with van der Waals surface area (Å²) in [6.45, 7) is 2.27. The van der Waals surface area contributed by atoms with Crippen LogP contribution in [0.5, 0.6) is 0 Å². The zero-order valence-electron chi connectivity index (χ0n) is 9.65. The summed E-state index contributed by atoms with van der Waals surface area (Å²) in [5.74, 6) is 0.128. The molecular weight excluding hydrogens is 210 g/mol. The third-order valence-electron chi connectivity index (χ3n) is 2.20. The van der Waals surface area contributed by atoms with Crippen molar-refractivity contribution in [3.05, 3.63) is 23.7 Å². The molecule has 1 aromatic heterocycles. The molecule has 1 aromatic rings. The number of hydrogen-bond acceptors (Lipinski definition) is 4. The van der Waals surface area contributed by atoms with Crippen molar-refractivity contribution in [1.29, 1.82) is 0 Å². The van der Waals surface area contributed by atoms with Crippen LogP contribution in [0.4, 0.5) is 0 Å². The molecule has 0 bridgehead atoms. The lowest BCUT2D eigenvalue weighted by molar-refractivity contribution is -0.157. The van der Waals surface area contributed by atoms with Crippen LogP contribution in [0.3, 0.4) is 0 Å². The van der Waals surface area contributed by atoms with Gasteiger partial charge in [-0.15, -0.1) is 0 Å². The van der Waals surface area contributed by atoms with Crippen LogP contribution in [0, 0.1) is 6.92 Å². The number of aryl methyl sites for hydroxylation is 1.